The molecule has 0 aliphatic heterocycles. The van der Waals surface area contributed by atoms with Crippen LogP contribution >= 0.6 is 29.6 Å². The maximum Gasteiger partial charge on any atom is -0.147 e. The van der Waals surface area contributed by atoms with Gasteiger partial charge in [0.2, 0.25) is 0 Å². The van der Waals surface area contributed by atoms with Crippen molar-refractivity contribution in [1.29, 1.82) is 0 Å². The van der Waals surface area contributed by atoms with Crippen LogP contribution in [0.2, 0.25) is 0 Å². The summed E-state index contributed by atoms with van der Waals surface area (Å²) in [6, 6.07) is 0.828. The Hall–Kier alpha value is 0.970. The van der Waals surface area contributed by atoms with Gasteiger partial charge in [0.1, 0.15) is 0 Å². The summed E-state index contributed by atoms with van der Waals surface area (Å²) in [6.45, 7) is 14.5. The predicted molar refractivity (Wildman–Crippen MR) is 202 cm³/mol. The zero-order valence-electron chi connectivity index (χ0n) is 29.8. The van der Waals surface area contributed by atoms with Crippen LogP contribution in [0, 0.1) is 0 Å². The molecule has 0 saturated heterocycles. The first-order valence-corrected chi connectivity index (χ1v) is 23.2. The maximum atomic E-state index is 8.18. The molecule has 0 aromatic heterocycles. The first-order chi connectivity index (χ1) is 20.0. The molecule has 1 rings (SSSR count). The molecule has 1 aliphatic carbocycles. The first kappa shape index (κ1) is 43.0. The third-order valence-electron chi connectivity index (χ3n) is 10.8. The minimum absolute atomic E-state index is 0. The second-order valence-electron chi connectivity index (χ2n) is 14.4. The molecule has 0 aromatic carbocycles. The van der Waals surface area contributed by atoms with Crippen LogP contribution in [0.3, 0.4) is 0 Å². The smallest absolute Gasteiger partial charge is 0.147 e. The largest absolute Gasteiger partial charge is 0.147 e. The standard InChI is InChI=1S/C38H79ClNP.ClH/c1-6-11-16-18-20-22-24-26-32-40(33-27-25-23-21-19-17-12-7-2)37-28-30-38(31-29-37)41(39,34-13-8-3,35-14-9-4)36-15-10-5;/h37-38H,6-36H2,1-5H3;1H. The monoisotopic (exact) mass is 652 g/mol. The number of rotatable bonds is 29. The quantitative estimate of drug-likeness (QED) is 0.0574. The second kappa shape index (κ2) is 27.1. The number of halogens is 2. The van der Waals surface area contributed by atoms with Gasteiger partial charge in [-0.1, -0.05) is 39.5 Å². The third-order valence-corrected chi connectivity index (χ3v) is 19.6. The van der Waals surface area contributed by atoms with Crippen LogP contribution in [0.15, 0.2) is 0 Å². The average Bonchev–Trinajstić information content (AvgIpc) is 3.00. The molecule has 0 radical (unpaired) electrons. The second-order valence-corrected chi connectivity index (χ2v) is 22.5. The van der Waals surface area contributed by atoms with Gasteiger partial charge in [0.15, 0.2) is 0 Å². The van der Waals surface area contributed by atoms with Crippen LogP contribution < -0.4 is 0 Å². The van der Waals surface area contributed by atoms with Gasteiger partial charge in [-0.05, 0) is 0 Å². The summed E-state index contributed by atoms with van der Waals surface area (Å²) in [5.41, 5.74) is 0.844. The Morgan fingerprint density at radius 1 is 0.452 bits per heavy atom. The normalized spacial score (nSPS) is 18.6. The van der Waals surface area contributed by atoms with Gasteiger partial charge in [0.25, 0.3) is 0 Å². The van der Waals surface area contributed by atoms with Crippen molar-refractivity contribution in [1.82, 2.24) is 4.90 Å². The van der Waals surface area contributed by atoms with Crippen LogP contribution in [0.5, 0.6) is 0 Å². The van der Waals surface area contributed by atoms with Gasteiger partial charge in [-0.2, -0.15) is 0 Å². The molecule has 0 amide bonds. The summed E-state index contributed by atoms with van der Waals surface area (Å²) in [5.74, 6) is -2.17. The maximum absolute atomic E-state index is 8.18. The van der Waals surface area contributed by atoms with Crippen molar-refractivity contribution in [3.63, 3.8) is 0 Å². The number of nitrogens with zero attached hydrogens (tertiary/aromatic N) is 1. The Morgan fingerprint density at radius 2 is 0.762 bits per heavy atom. The van der Waals surface area contributed by atoms with Crippen molar-refractivity contribution in [2.45, 2.75) is 213 Å². The third kappa shape index (κ3) is 17.6. The van der Waals surface area contributed by atoms with Crippen LogP contribution in [0.25, 0.3) is 0 Å². The van der Waals surface area contributed by atoms with E-state index in [1.807, 2.05) is 0 Å². The first-order valence-electron chi connectivity index (χ1n) is 19.4. The van der Waals surface area contributed by atoms with Gasteiger partial charge in [0.05, 0.1) is 0 Å². The molecule has 1 nitrogen and oxygen atoms in total. The summed E-state index contributed by atoms with van der Waals surface area (Å²) in [6.07, 6.45) is 40.8. The minimum Gasteiger partial charge on any atom is -0.147 e. The van der Waals surface area contributed by atoms with E-state index < -0.39 is 5.96 Å². The molecular formula is C38H80Cl2NP. The van der Waals surface area contributed by atoms with Crippen LogP contribution in [-0.4, -0.2) is 48.2 Å². The van der Waals surface area contributed by atoms with Crippen molar-refractivity contribution in [2.24, 2.45) is 0 Å². The molecule has 0 N–H and O–H groups in total. The van der Waals surface area contributed by atoms with Gasteiger partial charge in [-0.15, -0.1) is 12.4 Å². The molecule has 1 aliphatic rings. The van der Waals surface area contributed by atoms with E-state index in [1.165, 1.54) is 199 Å². The van der Waals surface area contributed by atoms with Crippen LogP contribution in [0.1, 0.15) is 202 Å². The molecule has 0 aromatic rings. The molecular weight excluding hydrogens is 572 g/mol. The molecule has 1 saturated carbocycles. The summed E-state index contributed by atoms with van der Waals surface area (Å²) >= 11 is 8.18. The van der Waals surface area contributed by atoms with Crippen molar-refractivity contribution < 1.29 is 0 Å². The van der Waals surface area contributed by atoms with Crippen LogP contribution in [0.4, 0.5) is 0 Å². The van der Waals surface area contributed by atoms with Gasteiger partial charge in [-0.25, -0.2) is 0 Å². The Kier molecular flexibility index (Phi) is 27.7. The van der Waals surface area contributed by atoms with Gasteiger partial charge in [-0.3, -0.25) is 0 Å². The van der Waals surface area contributed by atoms with E-state index in [-0.39, 0.29) is 12.4 Å². The number of hydrogen-bond donors (Lipinski definition) is 0. The van der Waals surface area contributed by atoms with E-state index in [2.05, 4.69) is 39.5 Å². The Labute approximate surface area is 278 Å². The van der Waals surface area contributed by atoms with Crippen LogP contribution in [-0.2, 0) is 0 Å². The Balaban J connectivity index is 0.0000168. The summed E-state index contributed by atoms with van der Waals surface area (Å²) in [4.78, 5) is 2.98. The summed E-state index contributed by atoms with van der Waals surface area (Å²) in [7, 11) is 0. The molecule has 0 atom stereocenters. The molecule has 256 valence electrons. The van der Waals surface area contributed by atoms with E-state index in [0.29, 0.717) is 0 Å². The fourth-order valence-electron chi connectivity index (χ4n) is 7.92. The summed E-state index contributed by atoms with van der Waals surface area (Å²) in [5, 5.41) is 0. The Bertz CT molecular complexity index is 533. The fourth-order valence-corrected chi connectivity index (χ4v) is 16.1. The van der Waals surface area contributed by atoms with E-state index in [9.17, 15) is 0 Å². The zero-order chi connectivity index (χ0) is 30.1. The molecule has 0 bridgehead atoms. The van der Waals surface area contributed by atoms with E-state index in [4.69, 9.17) is 11.2 Å². The van der Waals surface area contributed by atoms with Crippen molar-refractivity contribution in [3.05, 3.63) is 0 Å². The van der Waals surface area contributed by atoms with Crippen molar-refractivity contribution >= 4 is 29.6 Å². The number of hydrogen-bond acceptors (Lipinski definition) is 1. The van der Waals surface area contributed by atoms with E-state index >= 15 is 0 Å². The summed E-state index contributed by atoms with van der Waals surface area (Å²) < 4.78 is 0. The molecule has 1 fully saturated rings. The molecule has 0 unspecified atom stereocenters. The van der Waals surface area contributed by atoms with E-state index in [1.54, 1.807) is 0 Å². The van der Waals surface area contributed by atoms with Gasteiger partial charge in [0, 0.05) is 0 Å². The van der Waals surface area contributed by atoms with Crippen molar-refractivity contribution in [3.8, 4) is 0 Å². The van der Waals surface area contributed by atoms with Crippen molar-refractivity contribution in [2.75, 3.05) is 31.6 Å². The zero-order valence-corrected chi connectivity index (χ0v) is 32.2. The molecule has 0 spiro atoms. The average molecular weight is 653 g/mol. The molecule has 42 heavy (non-hydrogen) atoms. The topological polar surface area (TPSA) is 3.24 Å². The molecule has 0 heterocycles. The van der Waals surface area contributed by atoms with E-state index in [0.717, 1.165) is 11.7 Å². The van der Waals surface area contributed by atoms with Gasteiger partial charge < -0.3 is 0 Å². The minimum atomic E-state index is -2.17. The fraction of sp³-hybridized carbons (Fsp3) is 1.00. The molecule has 4 heteroatoms. The SMILES string of the molecule is CCCCCCCCCCN(CCCCCCCCCC)C1CCC(P(Cl)(CCCC)(CCCC)CCCC)CC1.Cl. The number of unbranched alkanes of at least 4 members (excludes halogenated alkanes) is 17. The predicted octanol–water partition coefficient (Wildman–Crippen LogP) is 14.4. The van der Waals surface area contributed by atoms with Gasteiger partial charge >= 0.3 is 227 Å². The Morgan fingerprint density at radius 3 is 1.10 bits per heavy atom.